The van der Waals surface area contributed by atoms with E-state index in [-0.39, 0.29) is 23.1 Å². The predicted molar refractivity (Wildman–Crippen MR) is 122 cm³/mol. The maximum atomic E-state index is 13.1. The quantitative estimate of drug-likeness (QED) is 0.422. The zero-order valence-corrected chi connectivity index (χ0v) is 19.5. The highest BCUT2D eigenvalue weighted by atomic mass is 35.5. The number of benzene rings is 2. The summed E-state index contributed by atoms with van der Waals surface area (Å²) in [5.74, 6) is -0.403. The van der Waals surface area contributed by atoms with Crippen molar-refractivity contribution in [1.82, 2.24) is 19.7 Å². The molecular weight excluding hydrogens is 496 g/mol. The Hall–Kier alpha value is -2.82. The average Bonchev–Trinajstić information content (AvgIpc) is 3.08. The van der Waals surface area contributed by atoms with Crippen LogP contribution in [0.15, 0.2) is 47.3 Å². The van der Waals surface area contributed by atoms with Gasteiger partial charge in [0.05, 0.1) is 16.3 Å². The van der Waals surface area contributed by atoms with Crippen LogP contribution in [-0.4, -0.2) is 40.0 Å². The van der Waals surface area contributed by atoms with Crippen molar-refractivity contribution in [2.24, 2.45) is 0 Å². The summed E-state index contributed by atoms with van der Waals surface area (Å²) in [4.78, 5) is 25.5. The van der Waals surface area contributed by atoms with Gasteiger partial charge >= 0.3 is 11.9 Å². The van der Waals surface area contributed by atoms with Gasteiger partial charge in [-0.3, -0.25) is 4.79 Å². The van der Waals surface area contributed by atoms with Crippen molar-refractivity contribution >= 4 is 29.1 Å². The van der Waals surface area contributed by atoms with Gasteiger partial charge in [-0.2, -0.15) is 13.2 Å². The standard InChI is InChI=1S/C22H21Cl2F3N4O3/c1-2-34-11-3-10-28-19(32)13-30-21(33)31(16-7-4-14(5-8-16)22(25,26)27)20(29-30)17-9-6-15(23)12-18(17)24/h4-9,12H,2-3,10-11,13H2,1H3,(H,28,32). The van der Waals surface area contributed by atoms with E-state index in [1.54, 1.807) is 0 Å². The van der Waals surface area contributed by atoms with Crippen LogP contribution in [0.4, 0.5) is 13.2 Å². The number of halogens is 5. The largest absolute Gasteiger partial charge is 0.416 e. The summed E-state index contributed by atoms with van der Waals surface area (Å²) in [5, 5.41) is 7.45. The van der Waals surface area contributed by atoms with E-state index in [9.17, 15) is 22.8 Å². The summed E-state index contributed by atoms with van der Waals surface area (Å²) in [6.45, 7) is 2.88. The van der Waals surface area contributed by atoms with Crippen molar-refractivity contribution in [3.8, 4) is 17.1 Å². The minimum atomic E-state index is -4.53. The van der Waals surface area contributed by atoms with Crippen LogP contribution in [0.2, 0.25) is 10.0 Å². The minimum Gasteiger partial charge on any atom is -0.382 e. The second kappa shape index (κ2) is 11.1. The molecule has 0 saturated carbocycles. The highest BCUT2D eigenvalue weighted by Gasteiger charge is 2.30. The smallest absolute Gasteiger partial charge is 0.382 e. The number of carbonyl (C=O) groups is 1. The first kappa shape index (κ1) is 25.8. The molecule has 1 amide bonds. The lowest BCUT2D eigenvalue weighted by atomic mass is 10.1. The molecular formula is C22H21Cl2F3N4O3. The van der Waals surface area contributed by atoms with Gasteiger partial charge in [0.25, 0.3) is 0 Å². The van der Waals surface area contributed by atoms with Crippen molar-refractivity contribution in [3.63, 3.8) is 0 Å². The van der Waals surface area contributed by atoms with E-state index >= 15 is 0 Å². The first-order valence-corrected chi connectivity index (χ1v) is 11.0. The molecule has 0 fully saturated rings. The molecule has 0 aliphatic carbocycles. The fourth-order valence-corrected chi connectivity index (χ4v) is 3.62. The first-order chi connectivity index (χ1) is 16.1. The Balaban J connectivity index is 1.97. The van der Waals surface area contributed by atoms with Gasteiger partial charge in [-0.1, -0.05) is 23.2 Å². The monoisotopic (exact) mass is 516 g/mol. The number of carbonyl (C=O) groups excluding carboxylic acids is 1. The molecule has 3 rings (SSSR count). The number of ether oxygens (including phenoxy) is 1. The summed E-state index contributed by atoms with van der Waals surface area (Å²) < 4.78 is 46.2. The molecule has 3 aromatic rings. The lowest BCUT2D eigenvalue weighted by Crippen LogP contribution is -2.34. The van der Waals surface area contributed by atoms with E-state index in [2.05, 4.69) is 10.4 Å². The van der Waals surface area contributed by atoms with Gasteiger partial charge < -0.3 is 10.1 Å². The van der Waals surface area contributed by atoms with Crippen LogP contribution in [0.3, 0.4) is 0 Å². The van der Waals surface area contributed by atoms with Crippen LogP contribution < -0.4 is 11.0 Å². The lowest BCUT2D eigenvalue weighted by molar-refractivity contribution is -0.137. The number of hydrogen-bond acceptors (Lipinski definition) is 4. The molecule has 182 valence electrons. The Kier molecular flexibility index (Phi) is 8.40. The number of nitrogens with one attached hydrogen (secondary N) is 1. The molecule has 0 saturated heterocycles. The van der Waals surface area contributed by atoms with Crippen molar-refractivity contribution in [2.45, 2.75) is 26.1 Å². The molecule has 34 heavy (non-hydrogen) atoms. The van der Waals surface area contributed by atoms with Crippen LogP contribution >= 0.6 is 23.2 Å². The van der Waals surface area contributed by atoms with Crippen LogP contribution in [0.25, 0.3) is 17.1 Å². The number of hydrogen-bond donors (Lipinski definition) is 1. The third-order valence-electron chi connectivity index (χ3n) is 4.75. The molecule has 1 heterocycles. The Morgan fingerprint density at radius 3 is 2.47 bits per heavy atom. The summed E-state index contributed by atoms with van der Waals surface area (Å²) in [6, 6.07) is 8.54. The van der Waals surface area contributed by atoms with E-state index < -0.39 is 23.3 Å². The van der Waals surface area contributed by atoms with Crippen LogP contribution in [-0.2, 0) is 22.3 Å². The highest BCUT2D eigenvalue weighted by Crippen LogP contribution is 2.32. The molecule has 0 spiro atoms. The van der Waals surface area contributed by atoms with E-state index in [4.69, 9.17) is 27.9 Å². The van der Waals surface area contributed by atoms with Gasteiger partial charge in [0.2, 0.25) is 5.91 Å². The Labute approximate surface area is 203 Å². The summed E-state index contributed by atoms with van der Waals surface area (Å²) in [7, 11) is 0. The SMILES string of the molecule is CCOCCCNC(=O)Cn1nc(-c2ccc(Cl)cc2Cl)n(-c2ccc(C(F)(F)F)cc2)c1=O. The molecule has 7 nitrogen and oxygen atoms in total. The van der Waals surface area contributed by atoms with Gasteiger partial charge in [-0.05, 0) is 55.8 Å². The van der Waals surface area contributed by atoms with Crippen molar-refractivity contribution < 1.29 is 22.7 Å². The Morgan fingerprint density at radius 2 is 1.85 bits per heavy atom. The maximum Gasteiger partial charge on any atom is 0.416 e. The minimum absolute atomic E-state index is 0.0515. The molecule has 0 radical (unpaired) electrons. The van der Waals surface area contributed by atoms with E-state index in [1.807, 2.05) is 6.92 Å². The molecule has 0 bridgehead atoms. The summed E-state index contributed by atoms with van der Waals surface area (Å²) in [6.07, 6.45) is -3.93. The zero-order valence-electron chi connectivity index (χ0n) is 18.0. The fourth-order valence-electron chi connectivity index (χ4n) is 3.13. The predicted octanol–water partition coefficient (Wildman–Crippen LogP) is 4.57. The number of rotatable bonds is 9. The second-order valence-electron chi connectivity index (χ2n) is 7.17. The highest BCUT2D eigenvalue weighted by molar-refractivity contribution is 6.36. The third-order valence-corrected chi connectivity index (χ3v) is 5.30. The number of nitrogens with zero attached hydrogens (tertiary/aromatic N) is 3. The molecule has 0 atom stereocenters. The van der Waals surface area contributed by atoms with Gasteiger partial charge in [0.15, 0.2) is 5.82 Å². The third kappa shape index (κ3) is 6.19. The number of alkyl halides is 3. The van der Waals surface area contributed by atoms with Crippen molar-refractivity contribution in [2.75, 3.05) is 19.8 Å². The normalized spacial score (nSPS) is 11.6. The Bertz CT molecular complexity index is 1210. The Morgan fingerprint density at radius 1 is 1.15 bits per heavy atom. The van der Waals surface area contributed by atoms with Gasteiger partial charge in [-0.15, -0.1) is 5.10 Å². The molecule has 0 unspecified atom stereocenters. The van der Waals surface area contributed by atoms with E-state index in [0.29, 0.717) is 36.8 Å². The van der Waals surface area contributed by atoms with Crippen molar-refractivity contribution in [3.05, 3.63) is 68.6 Å². The molecule has 0 aliphatic heterocycles. The summed E-state index contributed by atoms with van der Waals surface area (Å²) >= 11 is 12.3. The topological polar surface area (TPSA) is 78.2 Å². The summed E-state index contributed by atoms with van der Waals surface area (Å²) in [5.41, 5.74) is -1.14. The number of aromatic nitrogens is 3. The first-order valence-electron chi connectivity index (χ1n) is 10.3. The fraction of sp³-hybridized carbons (Fsp3) is 0.318. The van der Waals surface area contributed by atoms with Gasteiger partial charge in [0, 0.05) is 30.3 Å². The lowest BCUT2D eigenvalue weighted by Gasteiger charge is -2.10. The van der Waals surface area contributed by atoms with Crippen LogP contribution in [0.1, 0.15) is 18.9 Å². The van der Waals surface area contributed by atoms with Crippen LogP contribution in [0, 0.1) is 0 Å². The second-order valence-corrected chi connectivity index (χ2v) is 8.01. The molecule has 2 aromatic carbocycles. The van der Waals surface area contributed by atoms with Crippen LogP contribution in [0.5, 0.6) is 0 Å². The maximum absolute atomic E-state index is 13.1. The van der Waals surface area contributed by atoms with Gasteiger partial charge in [0.1, 0.15) is 6.54 Å². The molecule has 1 N–H and O–H groups in total. The average molecular weight is 517 g/mol. The molecule has 0 aliphatic rings. The van der Waals surface area contributed by atoms with Gasteiger partial charge in [-0.25, -0.2) is 14.0 Å². The zero-order chi connectivity index (χ0) is 24.9. The molecule has 1 aromatic heterocycles. The number of amides is 1. The van der Waals surface area contributed by atoms with E-state index in [0.717, 1.165) is 33.5 Å². The van der Waals surface area contributed by atoms with E-state index in [1.165, 1.54) is 18.2 Å². The van der Waals surface area contributed by atoms with Crippen molar-refractivity contribution in [1.29, 1.82) is 0 Å². The molecule has 12 heteroatoms.